The molecule has 1 amide bonds. The normalized spacial score (nSPS) is 14.5. The first-order valence-electron chi connectivity index (χ1n) is 10.5. The lowest BCUT2D eigenvalue weighted by atomic mass is 10.2. The van der Waals surface area contributed by atoms with Crippen molar-refractivity contribution < 1.29 is 9.53 Å². The van der Waals surface area contributed by atoms with E-state index in [1.165, 1.54) is 11.4 Å². The highest BCUT2D eigenvalue weighted by molar-refractivity contribution is 7.13. The molecule has 0 radical (unpaired) electrons. The van der Waals surface area contributed by atoms with Gasteiger partial charge in [-0.05, 0) is 32.0 Å². The number of rotatable bonds is 7. The summed E-state index contributed by atoms with van der Waals surface area (Å²) < 4.78 is 7.58. The van der Waals surface area contributed by atoms with Crippen LogP contribution in [-0.2, 0) is 16.1 Å². The SMILES string of the molecule is C=CCn1c(C)cc(-c2csc(-c3cccc(NC(=O)CN4CCOCC4)c3)n2)c1C. The van der Waals surface area contributed by atoms with Crippen LogP contribution in [-0.4, -0.2) is 53.2 Å². The third kappa shape index (κ3) is 4.95. The summed E-state index contributed by atoms with van der Waals surface area (Å²) in [5.74, 6) is -0.00598. The van der Waals surface area contributed by atoms with Crippen LogP contribution in [0.5, 0.6) is 0 Å². The number of amides is 1. The summed E-state index contributed by atoms with van der Waals surface area (Å²) in [7, 11) is 0. The molecule has 1 aliphatic heterocycles. The van der Waals surface area contributed by atoms with Gasteiger partial charge in [0.1, 0.15) is 5.01 Å². The number of aryl methyl sites for hydroxylation is 1. The van der Waals surface area contributed by atoms with Gasteiger partial charge in [-0.2, -0.15) is 0 Å². The lowest BCUT2D eigenvalue weighted by Crippen LogP contribution is -2.41. The number of thiazole rings is 1. The van der Waals surface area contributed by atoms with Crippen molar-refractivity contribution in [3.05, 3.63) is 59.8 Å². The molecule has 1 saturated heterocycles. The Morgan fingerprint density at radius 2 is 2.10 bits per heavy atom. The highest BCUT2D eigenvalue weighted by Gasteiger charge is 2.16. The number of nitrogens with one attached hydrogen (secondary N) is 1. The van der Waals surface area contributed by atoms with Crippen LogP contribution in [0.4, 0.5) is 5.69 Å². The van der Waals surface area contributed by atoms with Crippen LogP contribution in [0.25, 0.3) is 21.8 Å². The molecule has 0 saturated carbocycles. The van der Waals surface area contributed by atoms with E-state index in [1.54, 1.807) is 11.3 Å². The van der Waals surface area contributed by atoms with E-state index in [0.29, 0.717) is 19.8 Å². The maximum Gasteiger partial charge on any atom is 0.238 e. The van der Waals surface area contributed by atoms with Crippen LogP contribution < -0.4 is 5.32 Å². The zero-order valence-electron chi connectivity index (χ0n) is 18.1. The minimum Gasteiger partial charge on any atom is -0.379 e. The third-order valence-corrected chi connectivity index (χ3v) is 6.42. The second-order valence-electron chi connectivity index (χ2n) is 7.74. The van der Waals surface area contributed by atoms with Gasteiger partial charge in [0.2, 0.25) is 5.91 Å². The fraction of sp³-hybridized carbons (Fsp3) is 0.333. The average Bonchev–Trinajstić information content (AvgIpc) is 3.35. The molecule has 31 heavy (non-hydrogen) atoms. The van der Waals surface area contributed by atoms with Gasteiger partial charge in [-0.3, -0.25) is 9.69 Å². The van der Waals surface area contributed by atoms with Gasteiger partial charge in [0.15, 0.2) is 0 Å². The molecule has 0 bridgehead atoms. The molecule has 2 aromatic heterocycles. The summed E-state index contributed by atoms with van der Waals surface area (Å²) in [6.07, 6.45) is 1.91. The molecule has 3 aromatic rings. The first-order chi connectivity index (χ1) is 15.0. The summed E-state index contributed by atoms with van der Waals surface area (Å²) in [5.41, 5.74) is 6.31. The van der Waals surface area contributed by atoms with E-state index < -0.39 is 0 Å². The van der Waals surface area contributed by atoms with Gasteiger partial charge in [0.25, 0.3) is 0 Å². The van der Waals surface area contributed by atoms with Gasteiger partial charge in [-0.1, -0.05) is 18.2 Å². The number of aromatic nitrogens is 2. The highest BCUT2D eigenvalue weighted by Crippen LogP contribution is 2.33. The van der Waals surface area contributed by atoms with E-state index in [0.717, 1.165) is 47.2 Å². The first kappa shape index (κ1) is 21.5. The summed E-state index contributed by atoms with van der Waals surface area (Å²) in [6.45, 7) is 12.2. The molecule has 1 N–H and O–H groups in total. The molecule has 3 heterocycles. The Hall–Kier alpha value is -2.74. The highest BCUT2D eigenvalue weighted by atomic mass is 32.1. The fourth-order valence-electron chi connectivity index (χ4n) is 3.89. The maximum atomic E-state index is 12.4. The van der Waals surface area contributed by atoms with Crippen LogP contribution in [0.2, 0.25) is 0 Å². The molecule has 0 unspecified atom stereocenters. The molecule has 7 heteroatoms. The van der Waals surface area contributed by atoms with Crippen LogP contribution in [0, 0.1) is 13.8 Å². The van der Waals surface area contributed by atoms with E-state index in [9.17, 15) is 4.79 Å². The van der Waals surface area contributed by atoms with Crippen LogP contribution in [0.1, 0.15) is 11.4 Å². The van der Waals surface area contributed by atoms with Gasteiger partial charge in [-0.15, -0.1) is 17.9 Å². The van der Waals surface area contributed by atoms with Gasteiger partial charge in [-0.25, -0.2) is 4.98 Å². The number of morpholine rings is 1. The van der Waals surface area contributed by atoms with Gasteiger partial charge >= 0.3 is 0 Å². The minimum atomic E-state index is -0.00598. The second kappa shape index (κ2) is 9.60. The topological polar surface area (TPSA) is 59.4 Å². The number of allylic oxidation sites excluding steroid dienone is 1. The maximum absolute atomic E-state index is 12.4. The van der Waals surface area contributed by atoms with Gasteiger partial charge < -0.3 is 14.6 Å². The molecular weight excluding hydrogens is 408 g/mol. The lowest BCUT2D eigenvalue weighted by Gasteiger charge is -2.25. The number of ether oxygens (including phenoxy) is 1. The largest absolute Gasteiger partial charge is 0.379 e. The van der Waals surface area contributed by atoms with Crippen molar-refractivity contribution >= 4 is 22.9 Å². The summed E-state index contributed by atoms with van der Waals surface area (Å²) in [6, 6.07) is 10.1. The molecule has 1 aromatic carbocycles. The lowest BCUT2D eigenvalue weighted by molar-refractivity contribution is -0.118. The third-order valence-electron chi connectivity index (χ3n) is 5.53. The predicted molar refractivity (Wildman–Crippen MR) is 127 cm³/mol. The smallest absolute Gasteiger partial charge is 0.238 e. The van der Waals surface area contributed by atoms with E-state index in [1.807, 2.05) is 30.3 Å². The Balaban J connectivity index is 1.49. The number of nitrogens with zero attached hydrogens (tertiary/aromatic N) is 3. The fourth-order valence-corrected chi connectivity index (χ4v) is 4.71. The Morgan fingerprint density at radius 1 is 1.29 bits per heavy atom. The van der Waals surface area contributed by atoms with Crippen molar-refractivity contribution in [3.63, 3.8) is 0 Å². The zero-order valence-corrected chi connectivity index (χ0v) is 18.9. The van der Waals surface area contributed by atoms with Crippen LogP contribution in [0.15, 0.2) is 48.4 Å². The molecule has 0 atom stereocenters. The quantitative estimate of drug-likeness (QED) is 0.560. The van der Waals surface area contributed by atoms with Crippen molar-refractivity contribution in [2.75, 3.05) is 38.2 Å². The first-order valence-corrected chi connectivity index (χ1v) is 11.4. The predicted octanol–water partition coefficient (Wildman–Crippen LogP) is 4.35. The van der Waals surface area contributed by atoms with Crippen LogP contribution >= 0.6 is 11.3 Å². The van der Waals surface area contributed by atoms with Crippen molar-refractivity contribution in [2.45, 2.75) is 20.4 Å². The Bertz CT molecular complexity index is 1080. The van der Waals surface area contributed by atoms with Crippen molar-refractivity contribution in [1.82, 2.24) is 14.5 Å². The molecule has 6 nitrogen and oxygen atoms in total. The Kier molecular flexibility index (Phi) is 6.65. The number of hydrogen-bond acceptors (Lipinski definition) is 5. The summed E-state index contributed by atoms with van der Waals surface area (Å²) in [5, 5.41) is 6.05. The van der Waals surface area contributed by atoms with Crippen molar-refractivity contribution in [3.8, 4) is 21.8 Å². The standard InChI is InChI=1S/C24H28N4O2S/c1-4-8-28-17(2)13-21(18(28)3)22-16-31-24(26-22)19-6-5-7-20(14-19)25-23(29)15-27-9-11-30-12-10-27/h4-7,13-14,16H,1,8-12,15H2,2-3H3,(H,25,29). The summed E-state index contributed by atoms with van der Waals surface area (Å²) in [4.78, 5) is 19.4. The number of carbonyl (C=O) groups excluding carboxylic acids is 1. The van der Waals surface area contributed by atoms with E-state index in [2.05, 4.69) is 46.7 Å². The number of anilines is 1. The zero-order chi connectivity index (χ0) is 21.8. The van der Waals surface area contributed by atoms with Crippen LogP contribution in [0.3, 0.4) is 0 Å². The molecule has 4 rings (SSSR count). The van der Waals surface area contributed by atoms with Crippen molar-refractivity contribution in [2.24, 2.45) is 0 Å². The average molecular weight is 437 g/mol. The number of hydrogen-bond donors (Lipinski definition) is 1. The monoisotopic (exact) mass is 436 g/mol. The molecule has 0 spiro atoms. The number of carbonyl (C=O) groups is 1. The minimum absolute atomic E-state index is 0.00598. The number of benzene rings is 1. The summed E-state index contributed by atoms with van der Waals surface area (Å²) >= 11 is 1.62. The van der Waals surface area contributed by atoms with E-state index in [-0.39, 0.29) is 5.91 Å². The van der Waals surface area contributed by atoms with E-state index in [4.69, 9.17) is 9.72 Å². The van der Waals surface area contributed by atoms with E-state index >= 15 is 0 Å². The van der Waals surface area contributed by atoms with Crippen molar-refractivity contribution in [1.29, 1.82) is 0 Å². The second-order valence-corrected chi connectivity index (χ2v) is 8.60. The molecule has 1 aliphatic rings. The Labute approximate surface area is 187 Å². The van der Waals surface area contributed by atoms with Gasteiger partial charge in [0.05, 0.1) is 25.5 Å². The molecule has 1 fully saturated rings. The molecular formula is C24H28N4O2S. The Morgan fingerprint density at radius 3 is 2.87 bits per heavy atom. The van der Waals surface area contributed by atoms with Gasteiger partial charge in [0, 0.05) is 53.2 Å². The molecule has 0 aliphatic carbocycles. The molecule has 162 valence electrons.